The zero-order valence-electron chi connectivity index (χ0n) is 12.1. The Morgan fingerprint density at radius 3 is 2.42 bits per heavy atom. The van der Waals surface area contributed by atoms with Gasteiger partial charge in [0.05, 0.1) is 5.41 Å². The van der Waals surface area contributed by atoms with Gasteiger partial charge < -0.3 is 14.7 Å². The zero-order chi connectivity index (χ0) is 14.5. The van der Waals surface area contributed by atoms with Crippen LogP contribution in [0.4, 0.5) is 0 Å². The topological polar surface area (TPSA) is 66.8 Å². The molecule has 110 valence electrons. The molecule has 0 heterocycles. The Hall–Kier alpha value is -1.10. The maximum Gasteiger partial charge on any atom is 0.326 e. The highest BCUT2D eigenvalue weighted by Crippen LogP contribution is 2.42. The van der Waals surface area contributed by atoms with Crippen molar-refractivity contribution in [1.29, 1.82) is 0 Å². The van der Waals surface area contributed by atoms with E-state index in [1.807, 2.05) is 6.92 Å². The summed E-state index contributed by atoms with van der Waals surface area (Å²) in [5.74, 6) is -1.01. The van der Waals surface area contributed by atoms with Gasteiger partial charge in [0.2, 0.25) is 5.91 Å². The maximum atomic E-state index is 12.6. The van der Waals surface area contributed by atoms with Crippen molar-refractivity contribution in [3.05, 3.63) is 0 Å². The number of amides is 1. The van der Waals surface area contributed by atoms with E-state index in [4.69, 9.17) is 9.84 Å². The molecular formula is C14H25NO4. The number of likely N-dealkylation sites (N-methyl/N-ethyl adjacent to an activating group) is 1. The molecule has 1 N–H and O–H groups in total. The molecule has 5 heteroatoms. The van der Waals surface area contributed by atoms with Crippen LogP contribution < -0.4 is 0 Å². The first kappa shape index (κ1) is 16.0. The van der Waals surface area contributed by atoms with E-state index in [-0.39, 0.29) is 5.91 Å². The Bertz CT molecular complexity index is 323. The van der Waals surface area contributed by atoms with Crippen LogP contribution in [-0.4, -0.2) is 48.2 Å². The molecule has 0 spiro atoms. The van der Waals surface area contributed by atoms with Gasteiger partial charge in [-0.1, -0.05) is 12.8 Å². The van der Waals surface area contributed by atoms with Crippen molar-refractivity contribution in [3.63, 3.8) is 0 Å². The molecule has 1 saturated carbocycles. The highest BCUT2D eigenvalue weighted by Gasteiger charge is 2.43. The lowest BCUT2D eigenvalue weighted by molar-refractivity contribution is -0.153. The second-order valence-electron chi connectivity index (χ2n) is 5.36. The summed E-state index contributed by atoms with van der Waals surface area (Å²) in [7, 11) is 1.59. The van der Waals surface area contributed by atoms with Gasteiger partial charge in [-0.25, -0.2) is 4.79 Å². The van der Waals surface area contributed by atoms with Gasteiger partial charge >= 0.3 is 5.97 Å². The number of carbonyl (C=O) groups is 2. The summed E-state index contributed by atoms with van der Waals surface area (Å²) in [6.07, 6.45) is 4.45. The van der Waals surface area contributed by atoms with Crippen LogP contribution >= 0.6 is 0 Å². The maximum absolute atomic E-state index is 12.6. The number of carboxylic acid groups (broad SMARTS) is 1. The molecule has 1 unspecified atom stereocenters. The lowest BCUT2D eigenvalue weighted by atomic mass is 9.81. The third-order valence-electron chi connectivity index (χ3n) is 4.20. The number of carbonyl (C=O) groups excluding carboxylic acids is 1. The molecular weight excluding hydrogens is 246 g/mol. The van der Waals surface area contributed by atoms with Crippen LogP contribution in [0.5, 0.6) is 0 Å². The summed E-state index contributed by atoms with van der Waals surface area (Å²) < 4.78 is 5.37. The lowest BCUT2D eigenvalue weighted by Gasteiger charge is -2.34. The van der Waals surface area contributed by atoms with Gasteiger partial charge in [0.25, 0.3) is 0 Å². The smallest absolute Gasteiger partial charge is 0.326 e. The van der Waals surface area contributed by atoms with Crippen molar-refractivity contribution >= 4 is 11.9 Å². The lowest BCUT2D eigenvalue weighted by Crippen LogP contribution is -2.48. The first-order valence-electron chi connectivity index (χ1n) is 7.02. The second kappa shape index (κ2) is 6.89. The molecule has 1 aliphatic carbocycles. The number of hydrogen-bond acceptors (Lipinski definition) is 3. The summed E-state index contributed by atoms with van der Waals surface area (Å²) in [6, 6.07) is -0.780. The Labute approximate surface area is 114 Å². The van der Waals surface area contributed by atoms with Gasteiger partial charge in [0, 0.05) is 20.3 Å². The number of hydrogen-bond donors (Lipinski definition) is 1. The normalized spacial score (nSPS) is 19.1. The SMILES string of the molecule is CCOCCC1(C(=O)N(C)C(C)C(=O)O)CCCC1. The van der Waals surface area contributed by atoms with E-state index >= 15 is 0 Å². The summed E-state index contributed by atoms with van der Waals surface area (Å²) in [5.41, 5.74) is -0.409. The molecule has 0 aromatic carbocycles. The van der Waals surface area contributed by atoms with Crippen LogP contribution in [0.15, 0.2) is 0 Å². The molecule has 1 amide bonds. The Morgan fingerprint density at radius 1 is 1.37 bits per heavy atom. The quantitative estimate of drug-likeness (QED) is 0.718. The zero-order valence-corrected chi connectivity index (χ0v) is 12.1. The minimum atomic E-state index is -0.964. The predicted octanol–water partition coefficient (Wildman–Crippen LogP) is 1.90. The van der Waals surface area contributed by atoms with E-state index in [0.29, 0.717) is 19.6 Å². The van der Waals surface area contributed by atoms with E-state index in [0.717, 1.165) is 25.7 Å². The van der Waals surface area contributed by atoms with Crippen molar-refractivity contribution in [1.82, 2.24) is 4.90 Å². The van der Waals surface area contributed by atoms with E-state index in [1.165, 1.54) is 4.90 Å². The van der Waals surface area contributed by atoms with Crippen LogP contribution in [0.2, 0.25) is 0 Å². The average molecular weight is 271 g/mol. The number of rotatable bonds is 7. The number of nitrogens with zero attached hydrogens (tertiary/aromatic N) is 1. The van der Waals surface area contributed by atoms with Crippen molar-refractivity contribution in [2.75, 3.05) is 20.3 Å². The molecule has 0 aromatic rings. The number of aliphatic carboxylic acids is 1. The fraction of sp³-hybridized carbons (Fsp3) is 0.857. The molecule has 1 fully saturated rings. The molecule has 0 bridgehead atoms. The molecule has 0 radical (unpaired) electrons. The third-order valence-corrected chi connectivity index (χ3v) is 4.20. The van der Waals surface area contributed by atoms with Gasteiger partial charge in [-0.2, -0.15) is 0 Å². The van der Waals surface area contributed by atoms with Crippen molar-refractivity contribution in [2.45, 2.75) is 52.0 Å². The first-order chi connectivity index (χ1) is 8.94. The van der Waals surface area contributed by atoms with Crippen LogP contribution in [0, 0.1) is 5.41 Å². The molecule has 5 nitrogen and oxygen atoms in total. The van der Waals surface area contributed by atoms with E-state index in [9.17, 15) is 9.59 Å². The number of carboxylic acids is 1. The van der Waals surface area contributed by atoms with Crippen molar-refractivity contribution in [3.8, 4) is 0 Å². The Morgan fingerprint density at radius 2 is 1.95 bits per heavy atom. The van der Waals surface area contributed by atoms with E-state index < -0.39 is 17.4 Å². The van der Waals surface area contributed by atoms with Crippen LogP contribution in [0.1, 0.15) is 46.0 Å². The fourth-order valence-electron chi connectivity index (χ4n) is 2.75. The summed E-state index contributed by atoms with van der Waals surface area (Å²) in [4.78, 5) is 25.0. The van der Waals surface area contributed by atoms with Gasteiger partial charge in [0.15, 0.2) is 0 Å². The summed E-state index contributed by atoms with van der Waals surface area (Å²) in [6.45, 7) is 4.69. The Balaban J connectivity index is 2.75. The minimum Gasteiger partial charge on any atom is -0.480 e. The van der Waals surface area contributed by atoms with E-state index in [1.54, 1.807) is 14.0 Å². The largest absolute Gasteiger partial charge is 0.480 e. The van der Waals surface area contributed by atoms with Gasteiger partial charge in [0.1, 0.15) is 6.04 Å². The first-order valence-corrected chi connectivity index (χ1v) is 7.02. The average Bonchev–Trinajstić information content (AvgIpc) is 2.86. The molecule has 1 aliphatic rings. The highest BCUT2D eigenvalue weighted by atomic mass is 16.5. The van der Waals surface area contributed by atoms with Crippen LogP contribution in [0.25, 0.3) is 0 Å². The minimum absolute atomic E-state index is 0.0420. The molecule has 0 aliphatic heterocycles. The summed E-state index contributed by atoms with van der Waals surface area (Å²) >= 11 is 0. The number of ether oxygens (including phenoxy) is 1. The van der Waals surface area contributed by atoms with Crippen LogP contribution in [-0.2, 0) is 14.3 Å². The predicted molar refractivity (Wildman–Crippen MR) is 71.9 cm³/mol. The summed E-state index contributed by atoms with van der Waals surface area (Å²) in [5, 5.41) is 9.02. The van der Waals surface area contributed by atoms with Crippen molar-refractivity contribution < 1.29 is 19.4 Å². The Kier molecular flexibility index (Phi) is 5.79. The molecule has 1 rings (SSSR count). The van der Waals surface area contributed by atoms with Gasteiger partial charge in [-0.05, 0) is 33.1 Å². The molecule has 1 atom stereocenters. The monoisotopic (exact) mass is 271 g/mol. The standard InChI is InChI=1S/C14H25NO4/c1-4-19-10-9-14(7-5-6-8-14)13(18)15(3)11(2)12(16)17/h11H,4-10H2,1-3H3,(H,16,17). The van der Waals surface area contributed by atoms with Gasteiger partial charge in [-0.15, -0.1) is 0 Å². The van der Waals surface area contributed by atoms with Gasteiger partial charge in [-0.3, -0.25) is 4.79 Å². The van der Waals surface area contributed by atoms with Crippen molar-refractivity contribution in [2.24, 2.45) is 5.41 Å². The van der Waals surface area contributed by atoms with E-state index in [2.05, 4.69) is 0 Å². The second-order valence-corrected chi connectivity index (χ2v) is 5.36. The third kappa shape index (κ3) is 3.69. The fourth-order valence-corrected chi connectivity index (χ4v) is 2.75. The molecule has 0 aromatic heterocycles. The molecule has 0 saturated heterocycles. The van der Waals surface area contributed by atoms with Crippen LogP contribution in [0.3, 0.4) is 0 Å². The highest BCUT2D eigenvalue weighted by molar-refractivity contribution is 5.87. The molecule has 19 heavy (non-hydrogen) atoms.